The molecule has 0 saturated carbocycles. The van der Waals surface area contributed by atoms with Crippen LogP contribution in [0, 0.1) is 0 Å². The van der Waals surface area contributed by atoms with Gasteiger partial charge in [-0.2, -0.15) is 0 Å². The van der Waals surface area contributed by atoms with Gasteiger partial charge in [0.2, 0.25) is 0 Å². The van der Waals surface area contributed by atoms with E-state index >= 15 is 0 Å². The van der Waals surface area contributed by atoms with E-state index in [0.717, 1.165) is 12.8 Å². The van der Waals surface area contributed by atoms with Gasteiger partial charge < -0.3 is 4.90 Å². The Morgan fingerprint density at radius 2 is 1.76 bits per heavy atom. The van der Waals surface area contributed by atoms with Crippen LogP contribution in [0.25, 0.3) is 0 Å². The minimum absolute atomic E-state index is 0.382. The fraction of sp³-hybridized carbons (Fsp3) is 0.333. The minimum atomic E-state index is 0.382. The molecular weight excluding hydrogens is 301 g/mol. The highest BCUT2D eigenvalue weighted by atomic mass is 35.5. The summed E-state index contributed by atoms with van der Waals surface area (Å²) >= 11 is 12.3. The third-order valence-electron chi connectivity index (χ3n) is 4.41. The van der Waals surface area contributed by atoms with E-state index in [1.54, 1.807) is 0 Å². The standard InChI is InChI=1S/C18H19Cl2N/c1-21(2)18-14-6-4-3-5-12(14)7-9-15(18)13-8-10-16(19)17(20)11-13/h3-6,8,10-11,15,18H,7,9H2,1-2H3/t15-,18-/m1/s1. The molecule has 2 aromatic carbocycles. The number of fused-ring (bicyclic) bond motifs is 1. The zero-order chi connectivity index (χ0) is 15.0. The van der Waals surface area contributed by atoms with E-state index in [2.05, 4.69) is 49.3 Å². The number of nitrogens with zero attached hydrogens (tertiary/aromatic N) is 1. The fourth-order valence-corrected chi connectivity index (χ4v) is 3.77. The lowest BCUT2D eigenvalue weighted by atomic mass is 9.76. The molecule has 0 N–H and O–H groups in total. The fourth-order valence-electron chi connectivity index (χ4n) is 3.47. The van der Waals surface area contributed by atoms with Crippen LogP contribution < -0.4 is 0 Å². The zero-order valence-electron chi connectivity index (χ0n) is 12.3. The van der Waals surface area contributed by atoms with E-state index < -0.39 is 0 Å². The molecule has 0 bridgehead atoms. The second-order valence-corrected chi connectivity index (χ2v) is 6.74. The quantitative estimate of drug-likeness (QED) is 0.723. The molecule has 0 unspecified atom stereocenters. The Morgan fingerprint density at radius 3 is 2.48 bits per heavy atom. The summed E-state index contributed by atoms with van der Waals surface area (Å²) in [6.07, 6.45) is 2.25. The van der Waals surface area contributed by atoms with Crippen LogP contribution in [0.15, 0.2) is 42.5 Å². The molecule has 0 saturated heterocycles. The van der Waals surface area contributed by atoms with Crippen LogP contribution in [0.2, 0.25) is 10.0 Å². The van der Waals surface area contributed by atoms with E-state index in [4.69, 9.17) is 23.2 Å². The summed E-state index contributed by atoms with van der Waals surface area (Å²) < 4.78 is 0. The van der Waals surface area contributed by atoms with E-state index in [-0.39, 0.29) is 0 Å². The van der Waals surface area contributed by atoms with Crippen molar-refractivity contribution in [3.8, 4) is 0 Å². The lowest BCUT2D eigenvalue weighted by molar-refractivity contribution is 0.237. The highest BCUT2D eigenvalue weighted by molar-refractivity contribution is 6.42. The number of hydrogen-bond acceptors (Lipinski definition) is 1. The predicted octanol–water partition coefficient (Wildman–Crippen LogP) is 5.33. The highest BCUT2D eigenvalue weighted by Gasteiger charge is 2.32. The molecule has 110 valence electrons. The summed E-state index contributed by atoms with van der Waals surface area (Å²) in [5, 5.41) is 1.27. The summed E-state index contributed by atoms with van der Waals surface area (Å²) in [6.45, 7) is 0. The summed E-state index contributed by atoms with van der Waals surface area (Å²) in [5.74, 6) is 0.449. The van der Waals surface area contributed by atoms with Crippen molar-refractivity contribution in [2.24, 2.45) is 0 Å². The van der Waals surface area contributed by atoms with Crippen molar-refractivity contribution in [2.75, 3.05) is 14.1 Å². The normalized spacial score (nSPS) is 21.4. The summed E-state index contributed by atoms with van der Waals surface area (Å²) in [6, 6.07) is 15.2. The number of hydrogen-bond donors (Lipinski definition) is 0. The van der Waals surface area contributed by atoms with Crippen molar-refractivity contribution >= 4 is 23.2 Å². The van der Waals surface area contributed by atoms with Gasteiger partial charge in [-0.25, -0.2) is 0 Å². The maximum atomic E-state index is 6.22. The molecule has 3 heteroatoms. The third kappa shape index (κ3) is 2.83. The Balaban J connectivity index is 2.04. The van der Waals surface area contributed by atoms with Crippen LogP contribution >= 0.6 is 23.2 Å². The van der Waals surface area contributed by atoms with Gasteiger partial charge in [0.15, 0.2) is 0 Å². The van der Waals surface area contributed by atoms with Crippen LogP contribution in [0.3, 0.4) is 0 Å². The first-order chi connectivity index (χ1) is 10.1. The Kier molecular flexibility index (Phi) is 4.26. The van der Waals surface area contributed by atoms with Crippen molar-refractivity contribution < 1.29 is 0 Å². The van der Waals surface area contributed by atoms with Crippen molar-refractivity contribution in [3.05, 3.63) is 69.2 Å². The second kappa shape index (κ2) is 6.00. The first kappa shape index (κ1) is 14.9. The molecular formula is C18H19Cl2N. The molecule has 1 nitrogen and oxygen atoms in total. The number of halogens is 2. The smallest absolute Gasteiger partial charge is 0.0595 e. The van der Waals surface area contributed by atoms with Gasteiger partial charge in [0.05, 0.1) is 10.0 Å². The Morgan fingerprint density at radius 1 is 1.00 bits per heavy atom. The first-order valence-electron chi connectivity index (χ1n) is 7.27. The lowest BCUT2D eigenvalue weighted by Gasteiger charge is -2.38. The summed E-state index contributed by atoms with van der Waals surface area (Å²) in [5.41, 5.74) is 4.18. The molecule has 0 aliphatic heterocycles. The second-order valence-electron chi connectivity index (χ2n) is 5.93. The average Bonchev–Trinajstić information content (AvgIpc) is 2.48. The van der Waals surface area contributed by atoms with Gasteiger partial charge in [-0.05, 0) is 55.8 Å². The molecule has 21 heavy (non-hydrogen) atoms. The van der Waals surface area contributed by atoms with E-state index in [1.165, 1.54) is 16.7 Å². The van der Waals surface area contributed by atoms with Crippen molar-refractivity contribution in [1.29, 1.82) is 0 Å². The summed E-state index contributed by atoms with van der Waals surface area (Å²) in [4.78, 5) is 2.31. The summed E-state index contributed by atoms with van der Waals surface area (Å²) in [7, 11) is 4.30. The molecule has 2 atom stereocenters. The zero-order valence-corrected chi connectivity index (χ0v) is 13.8. The molecule has 0 fully saturated rings. The van der Waals surface area contributed by atoms with Crippen LogP contribution in [0.4, 0.5) is 0 Å². The molecule has 0 heterocycles. The van der Waals surface area contributed by atoms with E-state index in [1.807, 2.05) is 12.1 Å². The lowest BCUT2D eigenvalue weighted by Crippen LogP contribution is -2.30. The molecule has 0 amide bonds. The number of benzene rings is 2. The van der Waals surface area contributed by atoms with Gasteiger partial charge in [0.25, 0.3) is 0 Å². The topological polar surface area (TPSA) is 3.24 Å². The van der Waals surface area contributed by atoms with Crippen LogP contribution in [-0.2, 0) is 6.42 Å². The Labute approximate surface area is 136 Å². The maximum Gasteiger partial charge on any atom is 0.0595 e. The maximum absolute atomic E-state index is 6.22. The van der Waals surface area contributed by atoms with Gasteiger partial charge in [0.1, 0.15) is 0 Å². The molecule has 0 aromatic heterocycles. The van der Waals surface area contributed by atoms with Crippen molar-refractivity contribution in [3.63, 3.8) is 0 Å². The van der Waals surface area contributed by atoms with Crippen LogP contribution in [-0.4, -0.2) is 19.0 Å². The molecule has 3 rings (SSSR count). The largest absolute Gasteiger partial charge is 0.302 e. The van der Waals surface area contributed by atoms with Gasteiger partial charge in [-0.3, -0.25) is 0 Å². The van der Waals surface area contributed by atoms with Crippen LogP contribution in [0.1, 0.15) is 35.1 Å². The first-order valence-corrected chi connectivity index (χ1v) is 8.02. The number of aryl methyl sites for hydroxylation is 1. The van der Waals surface area contributed by atoms with Gasteiger partial charge in [-0.15, -0.1) is 0 Å². The third-order valence-corrected chi connectivity index (χ3v) is 5.15. The van der Waals surface area contributed by atoms with Crippen molar-refractivity contribution in [2.45, 2.75) is 24.8 Å². The number of likely N-dealkylation sites (N-methyl/N-ethyl adjacent to an activating group) is 1. The molecule has 0 spiro atoms. The predicted molar refractivity (Wildman–Crippen MR) is 90.4 cm³/mol. The van der Waals surface area contributed by atoms with Gasteiger partial charge in [-0.1, -0.05) is 53.5 Å². The van der Waals surface area contributed by atoms with Crippen molar-refractivity contribution in [1.82, 2.24) is 4.90 Å². The number of rotatable bonds is 2. The molecule has 0 radical (unpaired) electrons. The van der Waals surface area contributed by atoms with Gasteiger partial charge in [0, 0.05) is 12.0 Å². The highest BCUT2D eigenvalue weighted by Crippen LogP contribution is 2.44. The van der Waals surface area contributed by atoms with Crippen LogP contribution in [0.5, 0.6) is 0 Å². The Hall–Kier alpha value is -1.02. The monoisotopic (exact) mass is 319 g/mol. The molecule has 1 aliphatic carbocycles. The minimum Gasteiger partial charge on any atom is -0.302 e. The molecule has 1 aliphatic rings. The van der Waals surface area contributed by atoms with Gasteiger partial charge >= 0.3 is 0 Å². The van der Waals surface area contributed by atoms with E-state index in [9.17, 15) is 0 Å². The Bertz CT molecular complexity index is 651. The molecule has 2 aromatic rings. The van der Waals surface area contributed by atoms with E-state index in [0.29, 0.717) is 22.0 Å². The average molecular weight is 320 g/mol. The SMILES string of the molecule is CN(C)[C@@H]1c2ccccc2CC[C@@H]1c1ccc(Cl)c(Cl)c1.